The molecule has 6 heavy (non-hydrogen) atoms. The van der Waals surface area contributed by atoms with E-state index >= 15 is 0 Å². The van der Waals surface area contributed by atoms with Crippen LogP contribution in [-0.4, -0.2) is 0 Å². The molecule has 1 heteroatoms. The molecule has 0 radical (unpaired) electrons. The van der Waals surface area contributed by atoms with Crippen molar-refractivity contribution in [3.05, 3.63) is 12.7 Å². The molecule has 0 aliphatic carbocycles. The van der Waals surface area contributed by atoms with Crippen LogP contribution in [0.15, 0.2) is 12.7 Å². The summed E-state index contributed by atoms with van der Waals surface area (Å²) in [5, 5.41) is 1.18. The standard InChI is InChI=1S/C3H5.2CH3.Ni/c1-3-2;;;/h3H,1-2H2;2*1H3;. The van der Waals surface area contributed by atoms with Gasteiger partial charge >= 0.3 is 43.2 Å². The topological polar surface area (TPSA) is 0 Å². The average Bonchev–Trinajstić information content (AvgIpc) is 1.35. The zero-order valence-electron chi connectivity index (χ0n) is 4.31. The van der Waals surface area contributed by atoms with E-state index in [1.165, 1.54) is 5.39 Å². The monoisotopic (exact) mass is 129 g/mol. The van der Waals surface area contributed by atoms with E-state index in [1.54, 1.807) is 0 Å². The second-order valence-corrected chi connectivity index (χ2v) is 3.97. The normalized spacial score (nSPS) is 10.7. The van der Waals surface area contributed by atoms with E-state index in [4.69, 9.17) is 0 Å². The summed E-state index contributed by atoms with van der Waals surface area (Å²) in [7, 11) is 0. The quantitative estimate of drug-likeness (QED) is 0.397. The molecule has 0 saturated carbocycles. The fraction of sp³-hybridized carbons (Fsp3) is 0.600. The Hall–Kier alpha value is 0.234. The molecule has 0 amide bonds. The third kappa shape index (κ3) is 4.23. The SMILES string of the molecule is C=C[CH2][Ni]([CH3])[CH3]. The summed E-state index contributed by atoms with van der Waals surface area (Å²) in [6.45, 7) is 3.61. The van der Waals surface area contributed by atoms with Crippen LogP contribution in [0.2, 0.25) is 17.2 Å². The maximum absolute atomic E-state index is 3.61. The predicted octanol–water partition coefficient (Wildman–Crippen LogP) is 2.31. The van der Waals surface area contributed by atoms with Crippen LogP contribution in [0.4, 0.5) is 0 Å². The van der Waals surface area contributed by atoms with Crippen LogP contribution < -0.4 is 0 Å². The molecule has 41 valence electrons. The van der Waals surface area contributed by atoms with Crippen molar-refractivity contribution in [2.75, 3.05) is 0 Å². The van der Waals surface area contributed by atoms with Gasteiger partial charge in [-0.2, -0.15) is 0 Å². The molecule has 0 aromatic carbocycles. The molecule has 0 fully saturated rings. The summed E-state index contributed by atoms with van der Waals surface area (Å²) in [6, 6.07) is 0. The second-order valence-electron chi connectivity index (χ2n) is 1.18. The van der Waals surface area contributed by atoms with Gasteiger partial charge in [-0.1, -0.05) is 0 Å². The van der Waals surface area contributed by atoms with Crippen LogP contribution in [0.3, 0.4) is 0 Å². The molecule has 0 nitrogen and oxygen atoms in total. The van der Waals surface area contributed by atoms with Gasteiger partial charge in [-0.05, 0) is 0 Å². The van der Waals surface area contributed by atoms with Gasteiger partial charge in [0.1, 0.15) is 0 Å². The molecule has 0 N–H and O–H groups in total. The maximum atomic E-state index is 3.61. The summed E-state index contributed by atoms with van der Waals surface area (Å²) in [6.07, 6.45) is 1.97. The summed E-state index contributed by atoms with van der Waals surface area (Å²) in [5.41, 5.74) is 0. The Balaban J connectivity index is 2.81. The van der Waals surface area contributed by atoms with Gasteiger partial charge < -0.3 is 0 Å². The van der Waals surface area contributed by atoms with Gasteiger partial charge in [-0.3, -0.25) is 0 Å². The van der Waals surface area contributed by atoms with Crippen LogP contribution in [-0.2, 0) is 13.4 Å². The van der Waals surface area contributed by atoms with Crippen molar-refractivity contribution in [2.24, 2.45) is 0 Å². The molecular weight excluding hydrogens is 119 g/mol. The van der Waals surface area contributed by atoms with Gasteiger partial charge in [0.25, 0.3) is 0 Å². The molecule has 0 unspecified atom stereocenters. The molecule has 0 atom stereocenters. The van der Waals surface area contributed by atoms with Gasteiger partial charge in [-0.25, -0.2) is 0 Å². The molecular formula is C5H11Ni. The Morgan fingerprint density at radius 1 is 1.67 bits per heavy atom. The molecule has 0 rings (SSSR count). The summed E-state index contributed by atoms with van der Waals surface area (Å²) >= 11 is 0.459. The molecule has 0 aromatic rings. The van der Waals surface area contributed by atoms with Gasteiger partial charge in [-0.15, -0.1) is 0 Å². The third-order valence-corrected chi connectivity index (χ3v) is 1.44. The molecule has 0 aliphatic heterocycles. The first-order chi connectivity index (χ1) is 2.77. The Labute approximate surface area is 43.9 Å². The molecule has 0 saturated heterocycles. The van der Waals surface area contributed by atoms with E-state index in [0.29, 0.717) is 13.4 Å². The van der Waals surface area contributed by atoms with Crippen LogP contribution in [0.25, 0.3) is 0 Å². The molecule has 0 heterocycles. The first-order valence-corrected chi connectivity index (χ1v) is 4.35. The van der Waals surface area contributed by atoms with Crippen molar-refractivity contribution >= 4 is 0 Å². The van der Waals surface area contributed by atoms with Crippen LogP contribution in [0.5, 0.6) is 0 Å². The zero-order chi connectivity index (χ0) is 4.99. The zero-order valence-corrected chi connectivity index (χ0v) is 5.30. The fourth-order valence-corrected chi connectivity index (χ4v) is 0.753. The van der Waals surface area contributed by atoms with Crippen LogP contribution in [0, 0.1) is 0 Å². The predicted molar refractivity (Wildman–Crippen MR) is 26.7 cm³/mol. The van der Waals surface area contributed by atoms with E-state index in [9.17, 15) is 0 Å². The number of allylic oxidation sites excluding steroid dienone is 1. The summed E-state index contributed by atoms with van der Waals surface area (Å²) in [4.78, 5) is 0. The Kier molecular flexibility index (Phi) is 3.56. The van der Waals surface area contributed by atoms with Crippen LogP contribution >= 0.6 is 0 Å². The number of hydrogen-bond acceptors (Lipinski definition) is 0. The van der Waals surface area contributed by atoms with Gasteiger partial charge in [0.2, 0.25) is 0 Å². The third-order valence-electron chi connectivity index (χ3n) is 0.349. The molecule has 0 spiro atoms. The first-order valence-electron chi connectivity index (χ1n) is 1.67. The summed E-state index contributed by atoms with van der Waals surface area (Å²) in [5.74, 6) is 4.45. The average molecular weight is 130 g/mol. The number of rotatable bonds is 2. The Bertz CT molecular complexity index is 39.2. The number of hydrogen-bond donors (Lipinski definition) is 0. The van der Waals surface area contributed by atoms with Gasteiger partial charge in [0.15, 0.2) is 0 Å². The van der Waals surface area contributed by atoms with E-state index < -0.39 is 0 Å². The minimum absolute atomic E-state index is 0.459. The van der Waals surface area contributed by atoms with E-state index in [0.717, 1.165) is 0 Å². The van der Waals surface area contributed by atoms with Crippen molar-refractivity contribution in [3.63, 3.8) is 0 Å². The molecule has 0 aliphatic rings. The van der Waals surface area contributed by atoms with Crippen molar-refractivity contribution in [2.45, 2.75) is 17.2 Å². The second kappa shape index (κ2) is 3.42. The molecule has 0 aromatic heterocycles. The van der Waals surface area contributed by atoms with Crippen molar-refractivity contribution < 1.29 is 13.4 Å². The van der Waals surface area contributed by atoms with Gasteiger partial charge in [0, 0.05) is 0 Å². The van der Waals surface area contributed by atoms with Gasteiger partial charge in [0.05, 0.1) is 0 Å². The Morgan fingerprint density at radius 3 is 2.17 bits per heavy atom. The van der Waals surface area contributed by atoms with Crippen molar-refractivity contribution in [1.29, 1.82) is 0 Å². The van der Waals surface area contributed by atoms with E-state index in [-0.39, 0.29) is 0 Å². The molecule has 0 bridgehead atoms. The van der Waals surface area contributed by atoms with Crippen molar-refractivity contribution in [3.8, 4) is 0 Å². The van der Waals surface area contributed by atoms with Crippen molar-refractivity contribution in [1.82, 2.24) is 0 Å². The van der Waals surface area contributed by atoms with E-state index in [2.05, 4.69) is 18.4 Å². The summed E-state index contributed by atoms with van der Waals surface area (Å²) < 4.78 is 0. The van der Waals surface area contributed by atoms with Crippen LogP contribution in [0.1, 0.15) is 0 Å². The minimum atomic E-state index is 0.459. The van der Waals surface area contributed by atoms with E-state index in [1.807, 2.05) is 6.08 Å². The first kappa shape index (κ1) is 6.23. The Morgan fingerprint density at radius 2 is 2.17 bits per heavy atom. The fourth-order valence-electron chi connectivity index (χ4n) is 0.183.